The van der Waals surface area contributed by atoms with Crippen molar-refractivity contribution >= 4 is 11.7 Å². The number of rotatable bonds is 5. The van der Waals surface area contributed by atoms with E-state index < -0.39 is 0 Å². The van der Waals surface area contributed by atoms with Crippen LogP contribution < -0.4 is 10.2 Å². The summed E-state index contributed by atoms with van der Waals surface area (Å²) in [5.74, 6) is 0. The number of fused-ring (bicyclic) bond motifs is 1. The number of nitrogens with one attached hydrogen (secondary N) is 1. The normalized spacial score (nSPS) is 16.9. The van der Waals surface area contributed by atoms with Crippen LogP contribution in [0.25, 0.3) is 0 Å². The molecule has 1 aromatic carbocycles. The highest BCUT2D eigenvalue weighted by Gasteiger charge is 2.32. The molecule has 1 aliphatic heterocycles. The Morgan fingerprint density at radius 1 is 1.55 bits per heavy atom. The average molecular weight is 272 g/mol. The van der Waals surface area contributed by atoms with E-state index >= 15 is 0 Å². The van der Waals surface area contributed by atoms with Crippen molar-refractivity contribution in [2.45, 2.75) is 45.6 Å². The molecule has 0 spiro atoms. The number of carbonyl (C=O) groups is 1. The number of benzene rings is 1. The summed E-state index contributed by atoms with van der Waals surface area (Å²) in [7, 11) is 0. The molecule has 0 fully saturated rings. The number of anilines is 1. The Labute approximate surface area is 121 Å². The van der Waals surface area contributed by atoms with Gasteiger partial charge in [-0.1, -0.05) is 37.6 Å². The minimum Gasteiger partial charge on any atom is -0.338 e. The second kappa shape index (κ2) is 6.60. The molecular weight excluding hydrogens is 248 g/mol. The van der Waals surface area contributed by atoms with Crippen molar-refractivity contribution in [3.63, 3.8) is 0 Å². The molecule has 1 atom stereocenters. The van der Waals surface area contributed by atoms with Gasteiger partial charge in [-0.15, -0.1) is 6.58 Å². The molecule has 1 aliphatic rings. The molecule has 0 aromatic heterocycles. The van der Waals surface area contributed by atoms with Crippen molar-refractivity contribution in [1.82, 2.24) is 5.32 Å². The molecule has 0 saturated carbocycles. The van der Waals surface area contributed by atoms with Crippen LogP contribution in [-0.4, -0.2) is 18.6 Å². The van der Waals surface area contributed by atoms with Gasteiger partial charge in [0.15, 0.2) is 0 Å². The summed E-state index contributed by atoms with van der Waals surface area (Å²) in [4.78, 5) is 14.4. The van der Waals surface area contributed by atoms with Crippen molar-refractivity contribution < 1.29 is 4.79 Å². The van der Waals surface area contributed by atoms with Gasteiger partial charge in [-0.3, -0.25) is 4.90 Å². The second-order valence-corrected chi connectivity index (χ2v) is 5.43. The van der Waals surface area contributed by atoms with E-state index in [1.54, 1.807) is 0 Å². The van der Waals surface area contributed by atoms with E-state index in [-0.39, 0.29) is 12.1 Å². The predicted molar refractivity (Wildman–Crippen MR) is 84.3 cm³/mol. The Bertz CT molecular complexity index is 496. The third-order valence-electron chi connectivity index (χ3n) is 3.79. The Hall–Kier alpha value is -1.77. The fourth-order valence-corrected chi connectivity index (χ4v) is 2.83. The number of para-hydroxylation sites is 1. The molecule has 1 unspecified atom stereocenters. The molecule has 2 rings (SSSR count). The van der Waals surface area contributed by atoms with Crippen LogP contribution >= 0.6 is 0 Å². The zero-order chi connectivity index (χ0) is 14.5. The molecule has 3 nitrogen and oxygen atoms in total. The van der Waals surface area contributed by atoms with Gasteiger partial charge in [0.05, 0.1) is 5.69 Å². The smallest absolute Gasteiger partial charge is 0.322 e. The lowest BCUT2D eigenvalue weighted by molar-refractivity contribution is 0.245. The molecule has 20 heavy (non-hydrogen) atoms. The Balaban J connectivity index is 2.23. The summed E-state index contributed by atoms with van der Waals surface area (Å²) in [6.07, 6.45) is 5.74. The number of urea groups is 1. The minimum atomic E-state index is 0.0289. The van der Waals surface area contributed by atoms with E-state index in [0.29, 0.717) is 0 Å². The van der Waals surface area contributed by atoms with Gasteiger partial charge in [-0.05, 0) is 37.3 Å². The molecule has 1 N–H and O–H groups in total. The van der Waals surface area contributed by atoms with Crippen LogP contribution in [0.4, 0.5) is 10.5 Å². The maximum absolute atomic E-state index is 12.4. The number of amides is 2. The summed E-state index contributed by atoms with van der Waals surface area (Å²) in [6.45, 7) is 8.79. The summed E-state index contributed by atoms with van der Waals surface area (Å²) >= 11 is 0. The molecule has 0 aliphatic carbocycles. The van der Waals surface area contributed by atoms with E-state index in [4.69, 9.17) is 0 Å². The Morgan fingerprint density at radius 3 is 3.05 bits per heavy atom. The standard InChI is InChI=1S/C17H24N2O/c1-4-6-11-18-17(20)19-13(3)12-15-10-7-9-14(8-5-2)16(15)19/h5,7,9-10,13H,2,4,6,8,11-12H2,1,3H3,(H,18,20). The van der Waals surface area contributed by atoms with E-state index in [0.717, 1.165) is 37.9 Å². The van der Waals surface area contributed by atoms with Gasteiger partial charge in [-0.2, -0.15) is 0 Å². The number of nitrogens with zero attached hydrogens (tertiary/aromatic N) is 1. The van der Waals surface area contributed by atoms with Crippen molar-refractivity contribution in [2.24, 2.45) is 0 Å². The van der Waals surface area contributed by atoms with Crippen LogP contribution in [0.3, 0.4) is 0 Å². The summed E-state index contributed by atoms with van der Waals surface area (Å²) in [5, 5.41) is 3.03. The number of allylic oxidation sites excluding steroid dienone is 1. The number of hydrogen-bond donors (Lipinski definition) is 1. The van der Waals surface area contributed by atoms with Crippen LogP contribution in [0.5, 0.6) is 0 Å². The molecule has 108 valence electrons. The third-order valence-corrected chi connectivity index (χ3v) is 3.79. The summed E-state index contributed by atoms with van der Waals surface area (Å²) < 4.78 is 0. The van der Waals surface area contributed by atoms with Crippen LogP contribution in [0.1, 0.15) is 37.8 Å². The van der Waals surface area contributed by atoms with Crippen molar-refractivity contribution in [3.8, 4) is 0 Å². The Kier molecular flexibility index (Phi) is 4.83. The number of hydrogen-bond acceptors (Lipinski definition) is 1. The highest BCUT2D eigenvalue weighted by Crippen LogP contribution is 2.35. The average Bonchev–Trinajstić information content (AvgIpc) is 2.76. The third kappa shape index (κ3) is 2.87. The first-order valence-corrected chi connectivity index (χ1v) is 7.47. The molecule has 1 heterocycles. The van der Waals surface area contributed by atoms with Crippen LogP contribution in [0, 0.1) is 0 Å². The van der Waals surface area contributed by atoms with Gasteiger partial charge in [0, 0.05) is 12.6 Å². The molecule has 3 heteroatoms. The Morgan fingerprint density at radius 2 is 2.35 bits per heavy atom. The van der Waals surface area contributed by atoms with Gasteiger partial charge < -0.3 is 5.32 Å². The molecule has 2 amide bonds. The molecule has 0 radical (unpaired) electrons. The topological polar surface area (TPSA) is 32.3 Å². The zero-order valence-corrected chi connectivity index (χ0v) is 12.5. The molecule has 1 aromatic rings. The van der Waals surface area contributed by atoms with Gasteiger partial charge in [0.25, 0.3) is 0 Å². The summed E-state index contributed by atoms with van der Waals surface area (Å²) in [6, 6.07) is 6.53. The molecular formula is C17H24N2O. The monoisotopic (exact) mass is 272 g/mol. The van der Waals surface area contributed by atoms with Gasteiger partial charge in [0.1, 0.15) is 0 Å². The van der Waals surface area contributed by atoms with Gasteiger partial charge in [-0.25, -0.2) is 4.79 Å². The van der Waals surface area contributed by atoms with Crippen LogP contribution in [0.15, 0.2) is 30.9 Å². The van der Waals surface area contributed by atoms with Gasteiger partial charge in [0.2, 0.25) is 0 Å². The largest absolute Gasteiger partial charge is 0.338 e. The second-order valence-electron chi connectivity index (χ2n) is 5.43. The molecule has 0 saturated heterocycles. The zero-order valence-electron chi connectivity index (χ0n) is 12.5. The van der Waals surface area contributed by atoms with E-state index in [2.05, 4.69) is 43.9 Å². The lowest BCUT2D eigenvalue weighted by Crippen LogP contribution is -2.43. The lowest BCUT2D eigenvalue weighted by Gasteiger charge is -2.25. The highest BCUT2D eigenvalue weighted by atomic mass is 16.2. The summed E-state index contributed by atoms with van der Waals surface area (Å²) in [5.41, 5.74) is 3.55. The maximum atomic E-state index is 12.4. The maximum Gasteiger partial charge on any atom is 0.322 e. The quantitative estimate of drug-likeness (QED) is 0.643. The van der Waals surface area contributed by atoms with Gasteiger partial charge >= 0.3 is 6.03 Å². The number of carbonyl (C=O) groups excluding carboxylic acids is 1. The molecule has 0 bridgehead atoms. The van der Waals surface area contributed by atoms with E-state index in [1.807, 2.05) is 11.0 Å². The van der Waals surface area contributed by atoms with E-state index in [9.17, 15) is 4.79 Å². The highest BCUT2D eigenvalue weighted by molar-refractivity contribution is 5.96. The minimum absolute atomic E-state index is 0.0289. The van der Waals surface area contributed by atoms with Crippen molar-refractivity contribution in [1.29, 1.82) is 0 Å². The first-order chi connectivity index (χ1) is 9.69. The van der Waals surface area contributed by atoms with Crippen molar-refractivity contribution in [2.75, 3.05) is 11.4 Å². The van der Waals surface area contributed by atoms with Crippen LogP contribution in [0.2, 0.25) is 0 Å². The lowest BCUT2D eigenvalue weighted by atomic mass is 10.0. The van der Waals surface area contributed by atoms with Crippen LogP contribution in [-0.2, 0) is 12.8 Å². The van der Waals surface area contributed by atoms with Crippen molar-refractivity contribution in [3.05, 3.63) is 42.0 Å². The number of unbranched alkanes of at least 4 members (excludes halogenated alkanes) is 1. The fraction of sp³-hybridized carbons (Fsp3) is 0.471. The fourth-order valence-electron chi connectivity index (χ4n) is 2.83. The predicted octanol–water partition coefficient (Wildman–Crippen LogP) is 3.68. The SMILES string of the molecule is C=CCc1cccc2c1N(C(=O)NCCCC)C(C)C2. The van der Waals surface area contributed by atoms with E-state index in [1.165, 1.54) is 11.1 Å². The first kappa shape index (κ1) is 14.6. The first-order valence-electron chi connectivity index (χ1n) is 7.47.